The lowest BCUT2D eigenvalue weighted by Crippen LogP contribution is -2.04. The van der Waals surface area contributed by atoms with Gasteiger partial charge in [0, 0.05) is 12.7 Å². The second-order valence-corrected chi connectivity index (χ2v) is 3.98. The van der Waals surface area contributed by atoms with Crippen LogP contribution in [-0.2, 0) is 4.74 Å². The second-order valence-electron chi connectivity index (χ2n) is 3.98. The Morgan fingerprint density at radius 1 is 1.25 bits per heavy atom. The highest BCUT2D eigenvalue weighted by Crippen LogP contribution is 2.25. The summed E-state index contributed by atoms with van der Waals surface area (Å²) in [5.74, 6) is -1.01. The van der Waals surface area contributed by atoms with Crippen LogP contribution >= 0.6 is 0 Å². The van der Waals surface area contributed by atoms with Crippen molar-refractivity contribution in [3.05, 3.63) is 34.9 Å². The minimum absolute atomic E-state index is 0.0640. The van der Waals surface area contributed by atoms with Gasteiger partial charge in [-0.1, -0.05) is 19.8 Å². The molecule has 1 aromatic rings. The fraction of sp³-hybridized carbons (Fsp3) is 0.538. The number of hydrogen-bond donors (Lipinski definition) is 0. The van der Waals surface area contributed by atoms with Gasteiger partial charge in [0.25, 0.3) is 0 Å². The summed E-state index contributed by atoms with van der Waals surface area (Å²) in [6.07, 6.45) is 2.59. The Hall–Kier alpha value is -0.960. The van der Waals surface area contributed by atoms with E-state index in [0.29, 0.717) is 5.56 Å². The molecule has 16 heavy (non-hydrogen) atoms. The number of hydrogen-bond acceptors (Lipinski definition) is 1. The smallest absolute Gasteiger partial charge is 0.129 e. The van der Waals surface area contributed by atoms with Gasteiger partial charge in [-0.2, -0.15) is 0 Å². The van der Waals surface area contributed by atoms with Crippen LogP contribution in [0.2, 0.25) is 0 Å². The van der Waals surface area contributed by atoms with Gasteiger partial charge in [0.2, 0.25) is 0 Å². The third-order valence-corrected chi connectivity index (χ3v) is 2.78. The van der Waals surface area contributed by atoms with Crippen molar-refractivity contribution in [1.29, 1.82) is 0 Å². The van der Waals surface area contributed by atoms with Crippen LogP contribution in [0.25, 0.3) is 0 Å². The molecular weight excluding hydrogens is 210 g/mol. The molecule has 1 unspecified atom stereocenters. The Bertz CT molecular complexity index is 327. The summed E-state index contributed by atoms with van der Waals surface area (Å²) in [7, 11) is 1.57. The van der Waals surface area contributed by atoms with Crippen molar-refractivity contribution in [2.45, 2.75) is 39.2 Å². The average Bonchev–Trinajstić information content (AvgIpc) is 2.26. The van der Waals surface area contributed by atoms with E-state index >= 15 is 0 Å². The van der Waals surface area contributed by atoms with Crippen LogP contribution in [0, 0.1) is 18.6 Å². The van der Waals surface area contributed by atoms with E-state index in [-0.39, 0.29) is 11.7 Å². The predicted octanol–water partition coefficient (Wildman–Crippen LogP) is 4.15. The Labute approximate surface area is 95.4 Å². The van der Waals surface area contributed by atoms with Gasteiger partial charge in [-0.3, -0.25) is 0 Å². The Morgan fingerprint density at radius 2 is 1.81 bits per heavy atom. The third kappa shape index (κ3) is 3.01. The molecule has 0 aliphatic rings. The summed E-state index contributed by atoms with van der Waals surface area (Å²) < 4.78 is 32.0. The Morgan fingerprint density at radius 3 is 2.25 bits per heavy atom. The summed E-state index contributed by atoms with van der Waals surface area (Å²) in [5, 5.41) is 0. The normalized spacial score (nSPS) is 12.8. The van der Waals surface area contributed by atoms with Crippen LogP contribution in [0.5, 0.6) is 0 Å². The van der Waals surface area contributed by atoms with Gasteiger partial charge in [0.05, 0.1) is 6.10 Å². The molecule has 0 spiro atoms. The lowest BCUT2D eigenvalue weighted by Gasteiger charge is -2.16. The van der Waals surface area contributed by atoms with Gasteiger partial charge >= 0.3 is 0 Å². The minimum atomic E-state index is -0.506. The summed E-state index contributed by atoms with van der Waals surface area (Å²) in [5.41, 5.74) is 0.644. The molecule has 0 saturated heterocycles. The monoisotopic (exact) mass is 228 g/mol. The number of methoxy groups -OCH3 is 1. The van der Waals surface area contributed by atoms with E-state index in [1.54, 1.807) is 7.11 Å². The zero-order valence-electron chi connectivity index (χ0n) is 10.0. The zero-order valence-corrected chi connectivity index (χ0v) is 10.0. The van der Waals surface area contributed by atoms with Crippen molar-refractivity contribution >= 4 is 0 Å². The van der Waals surface area contributed by atoms with E-state index in [1.807, 2.05) is 0 Å². The molecule has 0 amide bonds. The first-order valence-electron chi connectivity index (χ1n) is 5.58. The van der Waals surface area contributed by atoms with Gasteiger partial charge in [-0.15, -0.1) is 0 Å². The van der Waals surface area contributed by atoms with E-state index in [0.717, 1.165) is 19.3 Å². The molecule has 1 atom stereocenters. The molecule has 90 valence electrons. The molecule has 0 radical (unpaired) electrons. The molecule has 1 rings (SSSR count). The standard InChI is InChI=1S/C13H18F2O/c1-4-5-6-13(16-3)10-7-11(14)9(2)12(15)8-10/h7-8,13H,4-6H2,1-3H3. The van der Waals surface area contributed by atoms with Crippen LogP contribution in [0.1, 0.15) is 43.4 Å². The molecule has 0 aliphatic carbocycles. The Balaban J connectivity index is 2.92. The zero-order chi connectivity index (χ0) is 12.1. The summed E-state index contributed by atoms with van der Waals surface area (Å²) >= 11 is 0. The molecule has 0 aromatic heterocycles. The molecular formula is C13H18F2O. The minimum Gasteiger partial charge on any atom is -0.377 e. The predicted molar refractivity (Wildman–Crippen MR) is 60.4 cm³/mol. The lowest BCUT2D eigenvalue weighted by molar-refractivity contribution is 0.0930. The quantitative estimate of drug-likeness (QED) is 0.735. The van der Waals surface area contributed by atoms with Crippen molar-refractivity contribution in [2.75, 3.05) is 7.11 Å². The molecule has 3 heteroatoms. The number of benzene rings is 1. The van der Waals surface area contributed by atoms with Crippen molar-refractivity contribution in [1.82, 2.24) is 0 Å². The summed E-state index contributed by atoms with van der Waals surface area (Å²) in [4.78, 5) is 0. The van der Waals surface area contributed by atoms with E-state index in [2.05, 4.69) is 6.92 Å². The maximum absolute atomic E-state index is 13.4. The molecule has 1 aromatic carbocycles. The first kappa shape index (κ1) is 13.1. The fourth-order valence-corrected chi connectivity index (χ4v) is 1.66. The van der Waals surface area contributed by atoms with E-state index in [1.165, 1.54) is 19.1 Å². The molecule has 1 nitrogen and oxygen atoms in total. The third-order valence-electron chi connectivity index (χ3n) is 2.78. The topological polar surface area (TPSA) is 9.23 Å². The average molecular weight is 228 g/mol. The van der Waals surface area contributed by atoms with E-state index < -0.39 is 11.6 Å². The largest absolute Gasteiger partial charge is 0.377 e. The molecule has 0 N–H and O–H groups in total. The summed E-state index contributed by atoms with van der Waals surface area (Å²) in [6.45, 7) is 3.51. The molecule has 0 saturated carbocycles. The maximum Gasteiger partial charge on any atom is 0.129 e. The number of halogens is 2. The van der Waals surface area contributed by atoms with Crippen molar-refractivity contribution in [3.8, 4) is 0 Å². The van der Waals surface area contributed by atoms with Gasteiger partial charge in [-0.05, 0) is 31.0 Å². The highest BCUT2D eigenvalue weighted by molar-refractivity contribution is 5.26. The first-order valence-corrected chi connectivity index (χ1v) is 5.58. The second kappa shape index (κ2) is 5.94. The van der Waals surface area contributed by atoms with Crippen molar-refractivity contribution in [3.63, 3.8) is 0 Å². The SMILES string of the molecule is CCCCC(OC)c1cc(F)c(C)c(F)c1. The number of rotatable bonds is 5. The van der Waals surface area contributed by atoms with Gasteiger partial charge in [-0.25, -0.2) is 8.78 Å². The van der Waals surface area contributed by atoms with Crippen LogP contribution in [0.3, 0.4) is 0 Å². The van der Waals surface area contributed by atoms with Crippen LogP contribution in [0.15, 0.2) is 12.1 Å². The van der Waals surface area contributed by atoms with Crippen molar-refractivity contribution in [2.24, 2.45) is 0 Å². The number of unbranched alkanes of at least 4 members (excludes halogenated alkanes) is 1. The molecule has 0 aliphatic heterocycles. The first-order chi connectivity index (χ1) is 7.60. The number of ether oxygens (including phenoxy) is 1. The maximum atomic E-state index is 13.4. The summed E-state index contributed by atoms with van der Waals surface area (Å²) in [6, 6.07) is 2.73. The van der Waals surface area contributed by atoms with Crippen LogP contribution in [-0.4, -0.2) is 7.11 Å². The van der Waals surface area contributed by atoms with Crippen LogP contribution in [0.4, 0.5) is 8.78 Å². The highest BCUT2D eigenvalue weighted by atomic mass is 19.1. The lowest BCUT2D eigenvalue weighted by atomic mass is 10.0. The van der Waals surface area contributed by atoms with E-state index in [4.69, 9.17) is 4.74 Å². The van der Waals surface area contributed by atoms with Gasteiger partial charge in [0.1, 0.15) is 11.6 Å². The molecule has 0 bridgehead atoms. The molecule has 0 heterocycles. The van der Waals surface area contributed by atoms with E-state index in [9.17, 15) is 8.78 Å². The fourth-order valence-electron chi connectivity index (χ4n) is 1.66. The highest BCUT2D eigenvalue weighted by Gasteiger charge is 2.14. The van der Waals surface area contributed by atoms with Crippen molar-refractivity contribution < 1.29 is 13.5 Å². The van der Waals surface area contributed by atoms with Gasteiger partial charge < -0.3 is 4.74 Å². The van der Waals surface area contributed by atoms with Crippen LogP contribution < -0.4 is 0 Å². The van der Waals surface area contributed by atoms with Gasteiger partial charge in [0.15, 0.2) is 0 Å². The Kier molecular flexibility index (Phi) is 4.87. The molecule has 0 fully saturated rings.